The summed E-state index contributed by atoms with van der Waals surface area (Å²) >= 11 is 5.89. The predicted octanol–water partition coefficient (Wildman–Crippen LogP) is 5.32. The van der Waals surface area contributed by atoms with Gasteiger partial charge in [-0.2, -0.15) is 0 Å². The maximum absolute atomic E-state index is 13.9. The minimum absolute atomic E-state index is 0.261. The van der Waals surface area contributed by atoms with E-state index in [9.17, 15) is 9.18 Å². The van der Waals surface area contributed by atoms with Crippen molar-refractivity contribution in [2.45, 2.75) is 25.1 Å². The lowest BCUT2D eigenvalue weighted by atomic mass is 9.88. The molecule has 5 nitrogen and oxygen atoms in total. The summed E-state index contributed by atoms with van der Waals surface area (Å²) < 4.78 is 25.5. The second-order valence-corrected chi connectivity index (χ2v) is 8.37. The van der Waals surface area contributed by atoms with E-state index in [0.717, 1.165) is 5.56 Å². The van der Waals surface area contributed by atoms with Gasteiger partial charge in [0.1, 0.15) is 17.3 Å². The van der Waals surface area contributed by atoms with Crippen molar-refractivity contribution in [3.63, 3.8) is 0 Å². The van der Waals surface area contributed by atoms with Gasteiger partial charge < -0.3 is 9.47 Å². The van der Waals surface area contributed by atoms with E-state index in [1.165, 1.54) is 19.2 Å². The van der Waals surface area contributed by atoms with Gasteiger partial charge in [0.15, 0.2) is 10.8 Å². The SMILES string of the molecule is COc1ccccc1C(=O)N1C(=S)N(c2ccc(F)cc2)[C@@]2(C)C[C@@H]1c1ccccc1O2. The number of nitrogens with zero attached hydrogens (tertiary/aromatic N) is 2. The fourth-order valence-corrected chi connectivity index (χ4v) is 5.07. The summed E-state index contributed by atoms with van der Waals surface area (Å²) in [5.74, 6) is 0.556. The summed E-state index contributed by atoms with van der Waals surface area (Å²) in [6.45, 7) is 1.94. The van der Waals surface area contributed by atoms with Gasteiger partial charge in [0, 0.05) is 17.7 Å². The van der Waals surface area contributed by atoms with Crippen molar-refractivity contribution in [1.29, 1.82) is 0 Å². The number of halogens is 1. The summed E-state index contributed by atoms with van der Waals surface area (Å²) in [6.07, 6.45) is 0.489. The van der Waals surface area contributed by atoms with Gasteiger partial charge in [-0.1, -0.05) is 30.3 Å². The molecule has 32 heavy (non-hydrogen) atoms. The van der Waals surface area contributed by atoms with Crippen LogP contribution in [0.4, 0.5) is 10.1 Å². The van der Waals surface area contributed by atoms with Crippen molar-refractivity contribution in [2.75, 3.05) is 12.0 Å². The van der Waals surface area contributed by atoms with E-state index in [1.807, 2.05) is 37.3 Å². The molecule has 2 atom stereocenters. The average molecular weight is 449 g/mol. The maximum Gasteiger partial charge on any atom is 0.264 e. The number of para-hydroxylation sites is 2. The van der Waals surface area contributed by atoms with Crippen molar-refractivity contribution in [2.24, 2.45) is 0 Å². The lowest BCUT2D eigenvalue weighted by Crippen LogP contribution is -2.67. The number of methoxy groups -OCH3 is 1. The molecular formula is C25H21FN2O3S. The van der Waals surface area contributed by atoms with Crippen LogP contribution >= 0.6 is 12.2 Å². The molecular weight excluding hydrogens is 427 g/mol. The Bertz CT molecular complexity index is 1220. The van der Waals surface area contributed by atoms with Gasteiger partial charge >= 0.3 is 0 Å². The summed E-state index contributed by atoms with van der Waals surface area (Å²) in [6, 6.07) is 20.5. The number of ether oxygens (including phenoxy) is 2. The fraction of sp³-hybridized carbons (Fsp3) is 0.200. The van der Waals surface area contributed by atoms with Crippen molar-refractivity contribution in [1.82, 2.24) is 4.90 Å². The van der Waals surface area contributed by atoms with E-state index in [1.54, 1.807) is 40.1 Å². The van der Waals surface area contributed by atoms with E-state index in [4.69, 9.17) is 21.7 Å². The number of thiocarbonyl (C=S) groups is 1. The third-order valence-corrected chi connectivity index (χ3v) is 6.38. The Hall–Kier alpha value is -3.45. The number of benzene rings is 3. The zero-order chi connectivity index (χ0) is 22.5. The molecule has 1 amide bonds. The molecule has 162 valence electrons. The van der Waals surface area contributed by atoms with Gasteiger partial charge in [0.2, 0.25) is 0 Å². The number of carbonyl (C=O) groups is 1. The van der Waals surface area contributed by atoms with Crippen molar-refractivity contribution in [3.05, 3.63) is 89.7 Å². The van der Waals surface area contributed by atoms with Gasteiger partial charge in [-0.3, -0.25) is 14.6 Å². The van der Waals surface area contributed by atoms with Crippen LogP contribution in [0.25, 0.3) is 0 Å². The second kappa shape index (κ2) is 7.60. The molecule has 3 aromatic rings. The summed E-state index contributed by atoms with van der Waals surface area (Å²) in [4.78, 5) is 17.3. The Balaban J connectivity index is 1.68. The molecule has 3 aromatic carbocycles. The number of rotatable bonds is 3. The highest BCUT2D eigenvalue weighted by atomic mass is 32.1. The Kier molecular flexibility index (Phi) is 4.86. The minimum atomic E-state index is -0.842. The quantitative estimate of drug-likeness (QED) is 0.507. The van der Waals surface area contributed by atoms with Crippen molar-refractivity contribution >= 4 is 28.9 Å². The highest BCUT2D eigenvalue weighted by molar-refractivity contribution is 7.80. The molecule has 1 saturated heterocycles. The number of fused-ring (bicyclic) bond motifs is 4. The smallest absolute Gasteiger partial charge is 0.264 e. The van der Waals surface area contributed by atoms with Gasteiger partial charge in [-0.25, -0.2) is 4.39 Å². The standard InChI is InChI=1S/C25H21FN2O3S/c1-25-15-20(18-7-3-6-10-22(18)31-25)27(23(29)19-8-4-5-9-21(19)30-2)24(32)28(25)17-13-11-16(26)12-14-17/h3-14,20H,15H2,1-2H3/t20-,25-/m1/s1. The Labute approximate surface area is 191 Å². The molecule has 2 aliphatic heterocycles. The van der Waals surface area contributed by atoms with Crippen LogP contribution in [-0.4, -0.2) is 28.8 Å². The molecule has 2 aliphatic rings. The van der Waals surface area contributed by atoms with E-state index in [0.29, 0.717) is 34.3 Å². The van der Waals surface area contributed by atoms with Gasteiger partial charge in [0.05, 0.1) is 18.7 Å². The summed E-state index contributed by atoms with van der Waals surface area (Å²) in [7, 11) is 1.53. The Morgan fingerprint density at radius 1 is 1.09 bits per heavy atom. The van der Waals surface area contributed by atoms with Crippen molar-refractivity contribution in [3.8, 4) is 11.5 Å². The molecule has 5 rings (SSSR count). The monoisotopic (exact) mass is 448 g/mol. The highest BCUT2D eigenvalue weighted by Gasteiger charge is 2.53. The molecule has 0 spiro atoms. The first-order valence-corrected chi connectivity index (χ1v) is 10.7. The third kappa shape index (κ3) is 3.12. The second-order valence-electron chi connectivity index (χ2n) is 8.00. The number of hydrogen-bond donors (Lipinski definition) is 0. The van der Waals surface area contributed by atoms with Crippen LogP contribution in [-0.2, 0) is 0 Å². The molecule has 0 aliphatic carbocycles. The molecule has 0 saturated carbocycles. The number of anilines is 1. The highest BCUT2D eigenvalue weighted by Crippen LogP contribution is 2.50. The number of hydrogen-bond acceptors (Lipinski definition) is 4. The van der Waals surface area contributed by atoms with Crippen LogP contribution in [0.5, 0.6) is 11.5 Å². The van der Waals surface area contributed by atoms with Gasteiger partial charge in [0.25, 0.3) is 5.91 Å². The molecule has 7 heteroatoms. The zero-order valence-electron chi connectivity index (χ0n) is 17.6. The minimum Gasteiger partial charge on any atom is -0.496 e. The topological polar surface area (TPSA) is 42.0 Å². The first-order valence-electron chi connectivity index (χ1n) is 10.3. The summed E-state index contributed by atoms with van der Waals surface area (Å²) in [5, 5.41) is 0.292. The van der Waals surface area contributed by atoms with Crippen LogP contribution in [0.15, 0.2) is 72.8 Å². The maximum atomic E-state index is 13.9. The molecule has 2 bridgehead atoms. The average Bonchev–Trinajstić information content (AvgIpc) is 2.79. The summed E-state index contributed by atoms with van der Waals surface area (Å²) in [5.41, 5.74) is 1.12. The van der Waals surface area contributed by atoms with Crippen LogP contribution < -0.4 is 14.4 Å². The lowest BCUT2D eigenvalue weighted by Gasteiger charge is -2.55. The normalized spacial score (nSPS) is 21.6. The Morgan fingerprint density at radius 3 is 2.53 bits per heavy atom. The van der Waals surface area contributed by atoms with Crippen LogP contribution in [0.3, 0.4) is 0 Å². The zero-order valence-corrected chi connectivity index (χ0v) is 18.4. The van der Waals surface area contributed by atoms with Gasteiger partial charge in [-0.15, -0.1) is 0 Å². The largest absolute Gasteiger partial charge is 0.496 e. The van der Waals surface area contributed by atoms with E-state index in [-0.39, 0.29) is 17.8 Å². The number of amides is 1. The molecule has 1 fully saturated rings. The molecule has 0 radical (unpaired) electrons. The molecule has 2 heterocycles. The molecule has 0 aromatic heterocycles. The Morgan fingerprint density at radius 2 is 1.78 bits per heavy atom. The fourth-order valence-electron chi connectivity index (χ4n) is 4.56. The van der Waals surface area contributed by atoms with E-state index >= 15 is 0 Å². The van der Waals surface area contributed by atoms with E-state index < -0.39 is 5.72 Å². The van der Waals surface area contributed by atoms with Crippen molar-refractivity contribution < 1.29 is 18.7 Å². The first kappa shape index (κ1) is 20.5. The predicted molar refractivity (Wildman–Crippen MR) is 123 cm³/mol. The lowest BCUT2D eigenvalue weighted by molar-refractivity contribution is 0.0183. The molecule has 0 N–H and O–H groups in total. The first-order chi connectivity index (χ1) is 15.4. The third-order valence-electron chi connectivity index (χ3n) is 6.00. The van der Waals surface area contributed by atoms with Crippen LogP contribution in [0.1, 0.15) is 35.3 Å². The van der Waals surface area contributed by atoms with E-state index in [2.05, 4.69) is 0 Å². The van der Waals surface area contributed by atoms with Crippen LogP contribution in [0.2, 0.25) is 0 Å². The number of carbonyl (C=O) groups excluding carboxylic acids is 1. The van der Waals surface area contributed by atoms with Crippen LogP contribution in [0, 0.1) is 5.82 Å². The van der Waals surface area contributed by atoms with Gasteiger partial charge in [-0.05, 0) is 61.6 Å². The molecule has 0 unspecified atom stereocenters.